The number of rotatable bonds is 2. The molecule has 2 heterocycles. The molecule has 1 aliphatic heterocycles. The van der Waals surface area contributed by atoms with Crippen LogP contribution in [0.5, 0.6) is 0 Å². The van der Waals surface area contributed by atoms with Crippen LogP contribution < -0.4 is 5.56 Å². The quantitative estimate of drug-likeness (QED) is 0.616. The highest BCUT2D eigenvalue weighted by atomic mass is 32.2. The number of aromatic amines is 1. The normalized spacial score (nSPS) is 19.6. The average Bonchev–Trinajstić information content (AvgIpc) is 2.88. The SMILES string of the molecule is CC1CN(C(=O)c2ccc3c(=O)n(-c4ccccc4F)c(=S)[nH]c3c2)CCS(=O)C1. The van der Waals surface area contributed by atoms with Crippen LogP contribution >= 0.6 is 12.2 Å². The van der Waals surface area contributed by atoms with Crippen molar-refractivity contribution in [2.45, 2.75) is 6.92 Å². The van der Waals surface area contributed by atoms with E-state index in [1.165, 1.54) is 18.2 Å². The van der Waals surface area contributed by atoms with Gasteiger partial charge in [0.2, 0.25) is 0 Å². The molecule has 0 spiro atoms. The van der Waals surface area contributed by atoms with Crippen molar-refractivity contribution in [3.05, 3.63) is 69.0 Å². The fraction of sp³-hybridized carbons (Fsp3) is 0.286. The van der Waals surface area contributed by atoms with E-state index in [9.17, 15) is 18.2 Å². The number of nitrogens with zero attached hydrogens (tertiary/aromatic N) is 2. The molecule has 156 valence electrons. The predicted molar refractivity (Wildman–Crippen MR) is 118 cm³/mol. The van der Waals surface area contributed by atoms with Gasteiger partial charge in [0.25, 0.3) is 11.5 Å². The summed E-state index contributed by atoms with van der Waals surface area (Å²) in [4.78, 5) is 30.6. The van der Waals surface area contributed by atoms with Gasteiger partial charge in [-0.25, -0.2) is 8.96 Å². The second kappa shape index (κ2) is 8.23. The van der Waals surface area contributed by atoms with Gasteiger partial charge in [-0.3, -0.25) is 13.8 Å². The van der Waals surface area contributed by atoms with E-state index in [1.54, 1.807) is 29.2 Å². The van der Waals surface area contributed by atoms with E-state index in [1.807, 2.05) is 6.92 Å². The summed E-state index contributed by atoms with van der Waals surface area (Å²) in [6, 6.07) is 10.6. The second-order valence-corrected chi connectivity index (χ2v) is 9.46. The first-order valence-electron chi connectivity index (χ1n) is 9.53. The molecule has 1 N–H and O–H groups in total. The van der Waals surface area contributed by atoms with E-state index in [-0.39, 0.29) is 22.3 Å². The zero-order valence-electron chi connectivity index (χ0n) is 16.3. The van der Waals surface area contributed by atoms with Gasteiger partial charge in [0.05, 0.1) is 16.6 Å². The average molecular weight is 446 g/mol. The third-order valence-corrected chi connectivity index (χ3v) is 6.98. The number of H-pyrrole nitrogens is 1. The molecule has 6 nitrogen and oxygen atoms in total. The van der Waals surface area contributed by atoms with Crippen molar-refractivity contribution in [2.24, 2.45) is 5.92 Å². The van der Waals surface area contributed by atoms with Crippen molar-refractivity contribution in [3.63, 3.8) is 0 Å². The number of hydrogen-bond donors (Lipinski definition) is 1. The Morgan fingerprint density at radius 3 is 2.80 bits per heavy atom. The Labute approximate surface area is 179 Å². The van der Waals surface area contributed by atoms with Crippen LogP contribution in [0.3, 0.4) is 0 Å². The Bertz CT molecular complexity index is 1280. The highest BCUT2D eigenvalue weighted by Gasteiger charge is 2.24. The van der Waals surface area contributed by atoms with E-state index in [2.05, 4.69) is 4.98 Å². The van der Waals surface area contributed by atoms with Gasteiger partial charge < -0.3 is 9.88 Å². The summed E-state index contributed by atoms with van der Waals surface area (Å²) in [7, 11) is -0.921. The Hall–Kier alpha value is -2.65. The third kappa shape index (κ3) is 3.87. The van der Waals surface area contributed by atoms with E-state index >= 15 is 0 Å². The van der Waals surface area contributed by atoms with Crippen LogP contribution in [0.4, 0.5) is 4.39 Å². The van der Waals surface area contributed by atoms with Gasteiger partial charge in [0.1, 0.15) is 5.82 Å². The van der Waals surface area contributed by atoms with Crippen LogP contribution in [0.1, 0.15) is 17.3 Å². The molecule has 2 aromatic carbocycles. The van der Waals surface area contributed by atoms with E-state index in [4.69, 9.17) is 12.2 Å². The van der Waals surface area contributed by atoms with Crippen molar-refractivity contribution >= 4 is 39.8 Å². The Morgan fingerprint density at radius 1 is 1.27 bits per heavy atom. The minimum Gasteiger partial charge on any atom is -0.337 e. The molecule has 9 heteroatoms. The maximum atomic E-state index is 14.2. The van der Waals surface area contributed by atoms with E-state index < -0.39 is 22.2 Å². The molecule has 1 aliphatic rings. The highest BCUT2D eigenvalue weighted by Crippen LogP contribution is 2.18. The van der Waals surface area contributed by atoms with Gasteiger partial charge in [-0.2, -0.15) is 0 Å². The monoisotopic (exact) mass is 445 g/mol. The van der Waals surface area contributed by atoms with Crippen molar-refractivity contribution in [1.29, 1.82) is 0 Å². The third-order valence-electron chi connectivity index (χ3n) is 5.12. The number of halogens is 1. The molecule has 3 aromatic rings. The molecule has 2 unspecified atom stereocenters. The summed E-state index contributed by atoms with van der Waals surface area (Å²) in [6.45, 7) is 2.94. The zero-order chi connectivity index (χ0) is 21.4. The second-order valence-electron chi connectivity index (χ2n) is 7.45. The number of nitrogens with one attached hydrogen (secondary N) is 1. The van der Waals surface area contributed by atoms with E-state index in [0.717, 1.165) is 4.57 Å². The summed E-state index contributed by atoms with van der Waals surface area (Å²) < 4.78 is 27.3. The van der Waals surface area contributed by atoms with Gasteiger partial charge in [-0.15, -0.1) is 0 Å². The van der Waals surface area contributed by atoms with Crippen LogP contribution in [0.15, 0.2) is 47.3 Å². The number of carbonyl (C=O) groups excluding carboxylic acids is 1. The molecule has 4 rings (SSSR count). The van der Waals surface area contributed by atoms with Gasteiger partial charge in [0, 0.05) is 41.0 Å². The molecule has 0 saturated carbocycles. The van der Waals surface area contributed by atoms with Crippen LogP contribution in [-0.4, -0.2) is 49.2 Å². The fourth-order valence-electron chi connectivity index (χ4n) is 3.70. The summed E-state index contributed by atoms with van der Waals surface area (Å²) in [5.74, 6) is 0.457. The van der Waals surface area contributed by atoms with Gasteiger partial charge >= 0.3 is 0 Å². The van der Waals surface area contributed by atoms with Crippen molar-refractivity contribution < 1.29 is 13.4 Å². The number of benzene rings is 2. The lowest BCUT2D eigenvalue weighted by molar-refractivity contribution is 0.0751. The molecule has 1 aromatic heterocycles. The molecule has 0 aliphatic carbocycles. The lowest BCUT2D eigenvalue weighted by atomic mass is 10.1. The molecule has 1 fully saturated rings. The summed E-state index contributed by atoms with van der Waals surface area (Å²) in [6.07, 6.45) is 0. The number of hydrogen-bond acceptors (Lipinski definition) is 4. The minimum atomic E-state index is -0.921. The molecule has 2 atom stereocenters. The van der Waals surface area contributed by atoms with Crippen LogP contribution in [0.25, 0.3) is 16.6 Å². The van der Waals surface area contributed by atoms with Gasteiger partial charge in [-0.1, -0.05) is 19.1 Å². The predicted octanol–water partition coefficient (Wildman–Crippen LogP) is 3.03. The number of amides is 1. The van der Waals surface area contributed by atoms with Gasteiger partial charge in [-0.05, 0) is 48.5 Å². The first-order chi connectivity index (χ1) is 14.3. The summed E-state index contributed by atoms with van der Waals surface area (Å²) in [5.41, 5.74) is 0.431. The van der Waals surface area contributed by atoms with Crippen molar-refractivity contribution in [1.82, 2.24) is 14.5 Å². The number of fused-ring (bicyclic) bond motifs is 1. The molecule has 30 heavy (non-hydrogen) atoms. The van der Waals surface area contributed by atoms with Crippen LogP contribution in [0.2, 0.25) is 0 Å². The lowest BCUT2D eigenvalue weighted by Gasteiger charge is -2.22. The zero-order valence-corrected chi connectivity index (χ0v) is 17.9. The summed E-state index contributed by atoms with van der Waals surface area (Å²) >= 11 is 5.30. The van der Waals surface area contributed by atoms with Crippen LogP contribution in [-0.2, 0) is 10.8 Å². The Balaban J connectivity index is 1.76. The van der Waals surface area contributed by atoms with Crippen LogP contribution in [0, 0.1) is 16.5 Å². The number of aromatic nitrogens is 2. The van der Waals surface area contributed by atoms with Gasteiger partial charge in [0.15, 0.2) is 4.77 Å². The lowest BCUT2D eigenvalue weighted by Crippen LogP contribution is -2.35. The molecule has 1 saturated heterocycles. The molecule has 0 bridgehead atoms. The maximum Gasteiger partial charge on any atom is 0.266 e. The fourth-order valence-corrected chi connectivity index (χ4v) is 5.32. The highest BCUT2D eigenvalue weighted by molar-refractivity contribution is 7.85. The molecule has 1 amide bonds. The maximum absolute atomic E-state index is 14.2. The first-order valence-corrected chi connectivity index (χ1v) is 11.4. The first kappa shape index (κ1) is 20.6. The summed E-state index contributed by atoms with van der Waals surface area (Å²) in [5, 5.41) is 0.300. The standard InChI is InChI=1S/C21H20FN3O3S2/c1-13-11-24(8-9-30(28)12-13)19(26)14-6-7-15-17(10-14)23-21(29)25(20(15)27)18-5-3-2-4-16(18)22/h2-7,10,13H,8-9,11-12H2,1H3,(H,23,29). The minimum absolute atomic E-state index is 0.0426. The Kier molecular flexibility index (Phi) is 5.66. The van der Waals surface area contributed by atoms with Crippen molar-refractivity contribution in [2.75, 3.05) is 24.6 Å². The van der Waals surface area contributed by atoms with E-state index in [0.29, 0.717) is 41.1 Å². The topological polar surface area (TPSA) is 75.2 Å². The largest absolute Gasteiger partial charge is 0.337 e. The molecule has 0 radical (unpaired) electrons. The Morgan fingerprint density at radius 2 is 2.03 bits per heavy atom. The smallest absolute Gasteiger partial charge is 0.266 e. The molecular formula is C21H20FN3O3S2. The molecular weight excluding hydrogens is 425 g/mol. The number of para-hydroxylation sites is 1. The van der Waals surface area contributed by atoms with Crippen molar-refractivity contribution in [3.8, 4) is 5.69 Å². The number of carbonyl (C=O) groups is 1.